The molecule has 19 heavy (non-hydrogen) atoms. The van der Waals surface area contributed by atoms with E-state index in [1.807, 2.05) is 0 Å². The summed E-state index contributed by atoms with van der Waals surface area (Å²) < 4.78 is 6.36. The minimum atomic E-state index is 0.472. The summed E-state index contributed by atoms with van der Waals surface area (Å²) in [4.78, 5) is 0. The van der Waals surface area contributed by atoms with E-state index in [2.05, 4.69) is 39.8 Å². The Morgan fingerprint density at radius 3 is 2.74 bits per heavy atom. The molecule has 1 aliphatic heterocycles. The first-order valence-corrected chi connectivity index (χ1v) is 8.01. The zero-order chi connectivity index (χ0) is 13.6. The van der Waals surface area contributed by atoms with Crippen LogP contribution in [0.2, 0.25) is 0 Å². The maximum absolute atomic E-state index is 6.36. The van der Waals surface area contributed by atoms with Gasteiger partial charge in [0, 0.05) is 5.92 Å². The molecule has 1 fully saturated rings. The van der Waals surface area contributed by atoms with Crippen LogP contribution in [-0.2, 0) is 4.74 Å². The monoisotopic (exact) mass is 260 g/mol. The van der Waals surface area contributed by atoms with Crippen LogP contribution >= 0.6 is 0 Å². The summed E-state index contributed by atoms with van der Waals surface area (Å²) in [5.74, 6) is 3.67. The minimum absolute atomic E-state index is 0.472. The Hall–Kier alpha value is -0.560. The van der Waals surface area contributed by atoms with Gasteiger partial charge in [-0.15, -0.1) is 0 Å². The third-order valence-electron chi connectivity index (χ3n) is 5.85. The van der Waals surface area contributed by atoms with E-state index in [1.54, 1.807) is 11.1 Å². The first-order valence-electron chi connectivity index (χ1n) is 8.01. The molecule has 0 amide bonds. The normalized spacial score (nSPS) is 46.5. The molecule has 106 valence electrons. The van der Waals surface area contributed by atoms with Crippen molar-refractivity contribution in [2.75, 3.05) is 6.61 Å². The number of ether oxygens (including phenoxy) is 1. The molecule has 3 rings (SSSR count). The second-order valence-corrected chi connectivity index (χ2v) is 7.30. The van der Waals surface area contributed by atoms with Gasteiger partial charge in [0.05, 0.1) is 12.7 Å². The summed E-state index contributed by atoms with van der Waals surface area (Å²) in [6.45, 7) is 10.4. The number of rotatable bonds is 1. The molecule has 0 aromatic heterocycles. The number of allylic oxidation sites excluding steroid dienone is 3. The Kier molecular flexibility index (Phi) is 3.59. The maximum Gasteiger partial charge on any atom is 0.0674 e. The van der Waals surface area contributed by atoms with Crippen molar-refractivity contribution in [3.63, 3.8) is 0 Å². The Morgan fingerprint density at radius 1 is 1.21 bits per heavy atom. The van der Waals surface area contributed by atoms with Crippen LogP contribution in [-0.4, -0.2) is 12.7 Å². The smallest absolute Gasteiger partial charge is 0.0674 e. The molecule has 3 aliphatic rings. The zero-order valence-corrected chi connectivity index (χ0v) is 12.9. The van der Waals surface area contributed by atoms with Crippen LogP contribution in [0.25, 0.3) is 0 Å². The fraction of sp³-hybridized carbons (Fsp3) is 0.778. The largest absolute Gasteiger partial charge is 0.377 e. The lowest BCUT2D eigenvalue weighted by molar-refractivity contribution is -0.0982. The third-order valence-corrected chi connectivity index (χ3v) is 5.85. The molecule has 0 spiro atoms. The van der Waals surface area contributed by atoms with Gasteiger partial charge in [0.1, 0.15) is 0 Å². The quantitative estimate of drug-likeness (QED) is 0.626. The highest BCUT2D eigenvalue weighted by Crippen LogP contribution is 2.45. The van der Waals surface area contributed by atoms with E-state index in [0.29, 0.717) is 17.9 Å². The maximum atomic E-state index is 6.36. The van der Waals surface area contributed by atoms with E-state index < -0.39 is 0 Å². The summed E-state index contributed by atoms with van der Waals surface area (Å²) in [7, 11) is 0. The van der Waals surface area contributed by atoms with Crippen molar-refractivity contribution >= 4 is 0 Å². The van der Waals surface area contributed by atoms with Gasteiger partial charge in [0.25, 0.3) is 0 Å². The van der Waals surface area contributed by atoms with Gasteiger partial charge in [-0.1, -0.05) is 37.1 Å². The van der Waals surface area contributed by atoms with Crippen molar-refractivity contribution in [1.82, 2.24) is 0 Å². The standard InChI is InChI=1S/C18H28O/c1-11-5-6-16(13(3)7-11)18-17-9-15(10-19-18)12(2)8-14(17)4/h5,8,12-13,15-18H,6-7,9-10H2,1-4H3/t12-,13+,15-,16-,17-,18+/m1/s1. The van der Waals surface area contributed by atoms with Crippen molar-refractivity contribution in [3.05, 3.63) is 23.3 Å². The average Bonchev–Trinajstić information content (AvgIpc) is 2.37. The lowest BCUT2D eigenvalue weighted by atomic mass is 9.66. The van der Waals surface area contributed by atoms with Crippen LogP contribution in [0.5, 0.6) is 0 Å². The molecule has 0 N–H and O–H groups in total. The van der Waals surface area contributed by atoms with Gasteiger partial charge in [-0.25, -0.2) is 0 Å². The predicted molar refractivity (Wildman–Crippen MR) is 79.9 cm³/mol. The molecule has 1 saturated heterocycles. The second kappa shape index (κ2) is 5.09. The van der Waals surface area contributed by atoms with Crippen LogP contribution in [0.15, 0.2) is 23.3 Å². The summed E-state index contributed by atoms with van der Waals surface area (Å²) >= 11 is 0. The number of hydrogen-bond acceptors (Lipinski definition) is 1. The van der Waals surface area contributed by atoms with Gasteiger partial charge < -0.3 is 4.74 Å². The molecule has 0 aromatic rings. The van der Waals surface area contributed by atoms with Crippen LogP contribution in [0.3, 0.4) is 0 Å². The lowest BCUT2D eigenvalue weighted by Crippen LogP contribution is -2.46. The van der Waals surface area contributed by atoms with E-state index in [1.165, 1.54) is 19.3 Å². The van der Waals surface area contributed by atoms with E-state index in [0.717, 1.165) is 24.4 Å². The Morgan fingerprint density at radius 2 is 2.00 bits per heavy atom. The van der Waals surface area contributed by atoms with Gasteiger partial charge in [-0.05, 0) is 56.8 Å². The highest BCUT2D eigenvalue weighted by Gasteiger charge is 2.42. The van der Waals surface area contributed by atoms with E-state index in [4.69, 9.17) is 4.74 Å². The first kappa shape index (κ1) is 13.4. The van der Waals surface area contributed by atoms with E-state index >= 15 is 0 Å². The molecule has 2 aliphatic carbocycles. The molecule has 1 heteroatoms. The Balaban J connectivity index is 1.81. The molecule has 0 radical (unpaired) electrons. The molecule has 6 atom stereocenters. The third kappa shape index (κ3) is 2.42. The van der Waals surface area contributed by atoms with E-state index in [-0.39, 0.29) is 0 Å². The fourth-order valence-corrected chi connectivity index (χ4v) is 4.56. The summed E-state index contributed by atoms with van der Waals surface area (Å²) in [5, 5.41) is 0. The number of hydrogen-bond donors (Lipinski definition) is 0. The lowest BCUT2D eigenvalue weighted by Gasteiger charge is -2.47. The van der Waals surface area contributed by atoms with Crippen molar-refractivity contribution in [2.24, 2.45) is 29.6 Å². The minimum Gasteiger partial charge on any atom is -0.377 e. The number of fused-ring (bicyclic) bond motifs is 2. The highest BCUT2D eigenvalue weighted by atomic mass is 16.5. The molecule has 1 nitrogen and oxygen atoms in total. The van der Waals surface area contributed by atoms with Gasteiger partial charge in [-0.3, -0.25) is 0 Å². The van der Waals surface area contributed by atoms with Crippen molar-refractivity contribution in [1.29, 1.82) is 0 Å². The summed E-state index contributed by atoms with van der Waals surface area (Å²) in [5.41, 5.74) is 3.16. The van der Waals surface area contributed by atoms with Gasteiger partial charge >= 0.3 is 0 Å². The SMILES string of the molecule is CC1=CC[C@@H]([C@@H]2OC[C@H]3C[C@@H]2C(C)=C[C@H]3C)[C@@H](C)C1. The molecular formula is C18H28O. The zero-order valence-electron chi connectivity index (χ0n) is 12.9. The average molecular weight is 260 g/mol. The fourth-order valence-electron chi connectivity index (χ4n) is 4.56. The molecular weight excluding hydrogens is 232 g/mol. The topological polar surface area (TPSA) is 9.23 Å². The van der Waals surface area contributed by atoms with Gasteiger partial charge in [-0.2, -0.15) is 0 Å². The van der Waals surface area contributed by atoms with Crippen LogP contribution < -0.4 is 0 Å². The highest BCUT2D eigenvalue weighted by molar-refractivity contribution is 5.17. The second-order valence-electron chi connectivity index (χ2n) is 7.30. The molecule has 2 bridgehead atoms. The van der Waals surface area contributed by atoms with E-state index in [9.17, 15) is 0 Å². The molecule has 1 heterocycles. The molecule has 0 saturated carbocycles. The van der Waals surface area contributed by atoms with Gasteiger partial charge in [0.2, 0.25) is 0 Å². The molecule has 0 unspecified atom stereocenters. The van der Waals surface area contributed by atoms with Crippen LogP contribution in [0, 0.1) is 29.6 Å². The van der Waals surface area contributed by atoms with Crippen molar-refractivity contribution in [2.45, 2.75) is 53.1 Å². The van der Waals surface area contributed by atoms with Crippen LogP contribution in [0.1, 0.15) is 47.0 Å². The summed E-state index contributed by atoms with van der Waals surface area (Å²) in [6.07, 6.45) is 9.29. The molecule has 0 aromatic carbocycles. The predicted octanol–water partition coefficient (Wildman–Crippen LogP) is 4.60. The summed E-state index contributed by atoms with van der Waals surface area (Å²) in [6, 6.07) is 0. The van der Waals surface area contributed by atoms with Crippen LogP contribution in [0.4, 0.5) is 0 Å². The first-order chi connectivity index (χ1) is 9.06. The Bertz CT molecular complexity index is 406. The van der Waals surface area contributed by atoms with Crippen molar-refractivity contribution < 1.29 is 4.74 Å². The van der Waals surface area contributed by atoms with Gasteiger partial charge in [0.15, 0.2) is 0 Å². The van der Waals surface area contributed by atoms with Crippen molar-refractivity contribution in [3.8, 4) is 0 Å². The Labute approximate surface area is 118 Å².